The average Bonchev–Trinajstić information content (AvgIpc) is 2.85. The van der Waals surface area contributed by atoms with Crippen molar-refractivity contribution in [3.63, 3.8) is 0 Å². The van der Waals surface area contributed by atoms with Gasteiger partial charge in [-0.25, -0.2) is 4.98 Å². The Hall–Kier alpha value is -1.55. The number of carbonyl (C=O) groups excluding carboxylic acids is 1. The molecule has 1 saturated heterocycles. The van der Waals surface area contributed by atoms with Crippen molar-refractivity contribution >= 4 is 28.5 Å². The highest BCUT2D eigenvalue weighted by atomic mass is 35.5. The molecule has 2 aromatic rings. The molecule has 88 valence electrons. The number of para-hydroxylation sites is 2. The first-order chi connectivity index (χ1) is 8.25. The highest BCUT2D eigenvalue weighted by molar-refractivity contribution is 6.29. The molecule has 17 heavy (non-hydrogen) atoms. The van der Waals surface area contributed by atoms with Crippen molar-refractivity contribution in [2.45, 2.75) is 19.5 Å². The van der Waals surface area contributed by atoms with Crippen LogP contribution in [0.5, 0.6) is 0 Å². The van der Waals surface area contributed by atoms with Gasteiger partial charge < -0.3 is 4.90 Å². The Morgan fingerprint density at radius 1 is 1.35 bits per heavy atom. The monoisotopic (exact) mass is 249 g/mol. The van der Waals surface area contributed by atoms with E-state index >= 15 is 0 Å². The number of aromatic nitrogens is 2. The summed E-state index contributed by atoms with van der Waals surface area (Å²) in [6.45, 7) is 1.31. The predicted octanol–water partition coefficient (Wildman–Crippen LogP) is 2.27. The van der Waals surface area contributed by atoms with Gasteiger partial charge in [0.25, 0.3) is 0 Å². The van der Waals surface area contributed by atoms with Crippen LogP contribution < -0.4 is 0 Å². The number of imidazole rings is 1. The van der Waals surface area contributed by atoms with E-state index in [0.29, 0.717) is 18.4 Å². The van der Waals surface area contributed by atoms with E-state index in [2.05, 4.69) is 4.98 Å². The minimum Gasteiger partial charge on any atom is -0.324 e. The normalized spacial score (nSPS) is 16.1. The van der Waals surface area contributed by atoms with Crippen LogP contribution in [0.3, 0.4) is 0 Å². The second-order valence-corrected chi connectivity index (χ2v) is 4.54. The summed E-state index contributed by atoms with van der Waals surface area (Å²) < 4.78 is 1.88. The standard InChI is InChI=1S/C12H12ClN3O/c13-12-14-9-4-1-2-5-10(9)16(12)8-15-7-3-6-11(15)17/h1-2,4-5H,3,6-8H2. The van der Waals surface area contributed by atoms with Gasteiger partial charge in [0, 0.05) is 13.0 Å². The highest BCUT2D eigenvalue weighted by Crippen LogP contribution is 2.21. The number of amides is 1. The Morgan fingerprint density at radius 3 is 2.94 bits per heavy atom. The van der Waals surface area contributed by atoms with Gasteiger partial charge in [0.05, 0.1) is 11.0 Å². The van der Waals surface area contributed by atoms with Gasteiger partial charge >= 0.3 is 0 Å². The van der Waals surface area contributed by atoms with E-state index in [9.17, 15) is 4.79 Å². The van der Waals surface area contributed by atoms with Gasteiger partial charge in [0.2, 0.25) is 11.2 Å². The summed E-state index contributed by atoms with van der Waals surface area (Å²) in [7, 11) is 0. The molecule has 0 radical (unpaired) electrons. The minimum absolute atomic E-state index is 0.193. The molecule has 0 spiro atoms. The molecular weight excluding hydrogens is 238 g/mol. The number of hydrogen-bond donors (Lipinski definition) is 0. The number of benzene rings is 1. The van der Waals surface area contributed by atoms with Gasteiger partial charge in [-0.15, -0.1) is 0 Å². The molecule has 1 aromatic carbocycles. The second kappa shape index (κ2) is 4.04. The highest BCUT2D eigenvalue weighted by Gasteiger charge is 2.21. The van der Waals surface area contributed by atoms with Crippen molar-refractivity contribution < 1.29 is 4.79 Å². The van der Waals surface area contributed by atoms with E-state index < -0.39 is 0 Å². The van der Waals surface area contributed by atoms with Gasteiger partial charge in [-0.05, 0) is 30.2 Å². The van der Waals surface area contributed by atoms with E-state index in [1.54, 1.807) is 0 Å². The Kier molecular flexibility index (Phi) is 2.52. The SMILES string of the molecule is O=C1CCCN1Cn1c(Cl)nc2ccccc21. The molecule has 0 N–H and O–H groups in total. The number of nitrogens with zero attached hydrogens (tertiary/aromatic N) is 3. The second-order valence-electron chi connectivity index (χ2n) is 4.20. The fourth-order valence-electron chi connectivity index (χ4n) is 2.20. The molecule has 2 heterocycles. The summed E-state index contributed by atoms with van der Waals surface area (Å²) in [6, 6.07) is 7.76. The molecule has 0 atom stereocenters. The van der Waals surface area contributed by atoms with Gasteiger partial charge in [-0.3, -0.25) is 9.36 Å². The lowest BCUT2D eigenvalue weighted by Crippen LogP contribution is -2.27. The number of halogens is 1. The predicted molar refractivity (Wildman–Crippen MR) is 65.7 cm³/mol. The summed E-state index contributed by atoms with van der Waals surface area (Å²) in [5.74, 6) is 0.193. The molecule has 1 aromatic heterocycles. The summed E-state index contributed by atoms with van der Waals surface area (Å²) in [4.78, 5) is 17.7. The van der Waals surface area contributed by atoms with E-state index in [1.807, 2.05) is 33.7 Å². The molecular formula is C12H12ClN3O. The molecule has 1 aliphatic rings. The lowest BCUT2D eigenvalue weighted by molar-refractivity contribution is -0.129. The largest absolute Gasteiger partial charge is 0.324 e. The maximum atomic E-state index is 11.6. The lowest BCUT2D eigenvalue weighted by Gasteiger charge is -2.17. The Labute approximate surface area is 104 Å². The van der Waals surface area contributed by atoms with Crippen LogP contribution in [-0.2, 0) is 11.5 Å². The van der Waals surface area contributed by atoms with Crippen LogP contribution in [0.25, 0.3) is 11.0 Å². The quantitative estimate of drug-likeness (QED) is 0.819. The topological polar surface area (TPSA) is 38.1 Å². The van der Waals surface area contributed by atoms with Crippen molar-refractivity contribution in [1.82, 2.24) is 14.5 Å². The maximum Gasteiger partial charge on any atom is 0.224 e. The Morgan fingerprint density at radius 2 is 2.18 bits per heavy atom. The average molecular weight is 250 g/mol. The van der Waals surface area contributed by atoms with Crippen molar-refractivity contribution in [2.75, 3.05) is 6.54 Å². The zero-order chi connectivity index (χ0) is 11.8. The van der Waals surface area contributed by atoms with Crippen molar-refractivity contribution in [1.29, 1.82) is 0 Å². The van der Waals surface area contributed by atoms with Crippen LogP contribution in [-0.4, -0.2) is 26.9 Å². The van der Waals surface area contributed by atoms with Gasteiger partial charge in [-0.1, -0.05) is 12.1 Å². The summed E-state index contributed by atoms with van der Waals surface area (Å²) in [6.07, 6.45) is 1.58. The first-order valence-electron chi connectivity index (χ1n) is 5.64. The first-order valence-corrected chi connectivity index (χ1v) is 6.02. The Bertz CT molecular complexity index is 578. The molecule has 5 heteroatoms. The zero-order valence-corrected chi connectivity index (χ0v) is 10.0. The number of hydrogen-bond acceptors (Lipinski definition) is 2. The molecule has 1 fully saturated rings. The number of rotatable bonds is 2. The van der Waals surface area contributed by atoms with Crippen molar-refractivity contribution in [2.24, 2.45) is 0 Å². The molecule has 0 aliphatic carbocycles. The number of fused-ring (bicyclic) bond motifs is 1. The Balaban J connectivity index is 1.99. The van der Waals surface area contributed by atoms with E-state index in [4.69, 9.17) is 11.6 Å². The van der Waals surface area contributed by atoms with Crippen LogP contribution in [0.1, 0.15) is 12.8 Å². The van der Waals surface area contributed by atoms with E-state index in [0.717, 1.165) is 24.0 Å². The third-order valence-corrected chi connectivity index (χ3v) is 3.38. The summed E-state index contributed by atoms with van der Waals surface area (Å²) >= 11 is 6.11. The molecule has 4 nitrogen and oxygen atoms in total. The van der Waals surface area contributed by atoms with Crippen molar-refractivity contribution in [3.8, 4) is 0 Å². The maximum absolute atomic E-state index is 11.6. The van der Waals surface area contributed by atoms with E-state index in [1.165, 1.54) is 0 Å². The van der Waals surface area contributed by atoms with Gasteiger partial charge in [0.1, 0.15) is 6.67 Å². The molecule has 0 saturated carbocycles. The van der Waals surface area contributed by atoms with Crippen LogP contribution in [0.2, 0.25) is 5.28 Å². The lowest BCUT2D eigenvalue weighted by atomic mass is 10.3. The zero-order valence-electron chi connectivity index (χ0n) is 9.27. The molecule has 1 aliphatic heterocycles. The molecule has 1 amide bonds. The number of likely N-dealkylation sites (tertiary alicyclic amines) is 1. The fourth-order valence-corrected chi connectivity index (χ4v) is 2.44. The molecule has 3 rings (SSSR count). The molecule has 0 unspecified atom stereocenters. The number of carbonyl (C=O) groups is 1. The smallest absolute Gasteiger partial charge is 0.224 e. The third kappa shape index (κ3) is 1.78. The first kappa shape index (κ1) is 10.6. The van der Waals surface area contributed by atoms with Gasteiger partial charge in [0.15, 0.2) is 0 Å². The van der Waals surface area contributed by atoms with Gasteiger partial charge in [-0.2, -0.15) is 0 Å². The van der Waals surface area contributed by atoms with Crippen LogP contribution >= 0.6 is 11.6 Å². The summed E-state index contributed by atoms with van der Waals surface area (Å²) in [5.41, 5.74) is 1.83. The molecule has 0 bridgehead atoms. The van der Waals surface area contributed by atoms with Crippen LogP contribution in [0.15, 0.2) is 24.3 Å². The van der Waals surface area contributed by atoms with Crippen LogP contribution in [0, 0.1) is 0 Å². The fraction of sp³-hybridized carbons (Fsp3) is 0.333. The van der Waals surface area contributed by atoms with E-state index in [-0.39, 0.29) is 5.91 Å². The summed E-state index contributed by atoms with van der Waals surface area (Å²) in [5, 5.41) is 0.436. The minimum atomic E-state index is 0.193. The van der Waals surface area contributed by atoms with Crippen molar-refractivity contribution in [3.05, 3.63) is 29.5 Å². The van der Waals surface area contributed by atoms with Crippen LogP contribution in [0.4, 0.5) is 0 Å². The third-order valence-electron chi connectivity index (χ3n) is 3.09.